The molecule has 1 saturated carbocycles. The lowest BCUT2D eigenvalue weighted by molar-refractivity contribution is 0.0696. The first-order valence-corrected chi connectivity index (χ1v) is 5.33. The fourth-order valence-electron chi connectivity index (χ4n) is 2.01. The third-order valence-electron chi connectivity index (χ3n) is 3.45. The summed E-state index contributed by atoms with van der Waals surface area (Å²) in [6.07, 6.45) is 2.51. The number of carbonyl (C=O) groups is 1. The van der Waals surface area contributed by atoms with Gasteiger partial charge >= 0.3 is 5.97 Å². The van der Waals surface area contributed by atoms with Crippen molar-refractivity contribution in [3.63, 3.8) is 0 Å². The van der Waals surface area contributed by atoms with Crippen molar-refractivity contribution < 1.29 is 9.90 Å². The van der Waals surface area contributed by atoms with Gasteiger partial charge in [0, 0.05) is 17.9 Å². The molecule has 3 heteroatoms. The number of carboxylic acid groups (broad SMARTS) is 1. The van der Waals surface area contributed by atoms with E-state index < -0.39 is 5.97 Å². The van der Waals surface area contributed by atoms with E-state index in [-0.39, 0.29) is 0 Å². The molecule has 1 aromatic heterocycles. The van der Waals surface area contributed by atoms with Crippen molar-refractivity contribution >= 4 is 5.97 Å². The summed E-state index contributed by atoms with van der Waals surface area (Å²) in [7, 11) is 0. The Morgan fingerprint density at radius 1 is 1.53 bits per heavy atom. The van der Waals surface area contributed by atoms with Crippen LogP contribution in [0.4, 0.5) is 0 Å². The smallest absolute Gasteiger partial charge is 0.337 e. The van der Waals surface area contributed by atoms with Crippen LogP contribution in [-0.4, -0.2) is 15.6 Å². The molecule has 1 aliphatic carbocycles. The quantitative estimate of drug-likeness (QED) is 0.827. The molecule has 0 bridgehead atoms. The second kappa shape index (κ2) is 3.12. The van der Waals surface area contributed by atoms with Crippen LogP contribution in [0.3, 0.4) is 0 Å². The van der Waals surface area contributed by atoms with Gasteiger partial charge in [0.25, 0.3) is 0 Å². The van der Waals surface area contributed by atoms with E-state index >= 15 is 0 Å². The average molecular weight is 207 g/mol. The maximum absolute atomic E-state index is 11.0. The van der Waals surface area contributed by atoms with E-state index in [1.54, 1.807) is 6.07 Å². The zero-order valence-electron chi connectivity index (χ0n) is 9.50. The molecule has 0 atom stereocenters. The van der Waals surface area contributed by atoms with Crippen LogP contribution >= 0.6 is 0 Å². The minimum Gasteiger partial charge on any atom is -0.478 e. The minimum atomic E-state index is -0.824. The minimum absolute atomic E-state index is 0.407. The molecule has 1 fully saturated rings. The molecule has 1 N–H and O–H groups in total. The lowest BCUT2D eigenvalue weighted by atomic mass is 10.1. The van der Waals surface area contributed by atoms with Gasteiger partial charge in [-0.2, -0.15) is 0 Å². The van der Waals surface area contributed by atoms with Crippen molar-refractivity contribution in [1.82, 2.24) is 4.57 Å². The Kier molecular flexibility index (Phi) is 2.14. The van der Waals surface area contributed by atoms with E-state index in [0.717, 1.165) is 17.9 Å². The standard InChI is InChI=1S/C12H17NO2/c1-8-6-10(11(14)15)9(2)13(8)7-12(3)4-5-12/h6H,4-5,7H2,1-3H3,(H,14,15). The summed E-state index contributed by atoms with van der Waals surface area (Å²) in [6, 6.07) is 1.77. The van der Waals surface area contributed by atoms with E-state index in [4.69, 9.17) is 5.11 Å². The average Bonchev–Trinajstić information content (AvgIpc) is 2.81. The zero-order chi connectivity index (χ0) is 11.2. The number of carboxylic acids is 1. The van der Waals surface area contributed by atoms with E-state index in [1.807, 2.05) is 13.8 Å². The van der Waals surface area contributed by atoms with Crippen LogP contribution in [0.25, 0.3) is 0 Å². The summed E-state index contributed by atoms with van der Waals surface area (Å²) in [6.45, 7) is 7.08. The van der Waals surface area contributed by atoms with Crippen LogP contribution in [-0.2, 0) is 6.54 Å². The Bertz CT molecular complexity index is 414. The highest BCUT2D eigenvalue weighted by atomic mass is 16.4. The SMILES string of the molecule is Cc1cc(C(=O)O)c(C)n1CC1(C)CC1. The number of rotatable bonds is 3. The Morgan fingerprint density at radius 2 is 2.13 bits per heavy atom. The van der Waals surface area contributed by atoms with Gasteiger partial charge in [0.15, 0.2) is 0 Å². The van der Waals surface area contributed by atoms with Crippen molar-refractivity contribution in [3.05, 3.63) is 23.0 Å². The molecule has 0 radical (unpaired) electrons. The lowest BCUT2D eigenvalue weighted by Crippen LogP contribution is -2.11. The highest BCUT2D eigenvalue weighted by Gasteiger charge is 2.38. The first-order valence-electron chi connectivity index (χ1n) is 5.33. The van der Waals surface area contributed by atoms with Crippen molar-refractivity contribution in [2.75, 3.05) is 0 Å². The topological polar surface area (TPSA) is 42.2 Å². The fraction of sp³-hybridized carbons (Fsp3) is 0.583. The summed E-state index contributed by atoms with van der Waals surface area (Å²) in [4.78, 5) is 11.0. The van der Waals surface area contributed by atoms with Crippen LogP contribution in [0.1, 0.15) is 41.5 Å². The Labute approximate surface area is 89.7 Å². The van der Waals surface area contributed by atoms with Crippen LogP contribution in [0, 0.1) is 19.3 Å². The van der Waals surface area contributed by atoms with Gasteiger partial charge in [-0.05, 0) is 38.2 Å². The first kappa shape index (κ1) is 10.3. The van der Waals surface area contributed by atoms with E-state index in [9.17, 15) is 4.79 Å². The van der Waals surface area contributed by atoms with Crippen molar-refractivity contribution in [2.45, 2.75) is 40.2 Å². The Balaban J connectivity index is 2.34. The van der Waals surface area contributed by atoms with Gasteiger partial charge in [-0.3, -0.25) is 0 Å². The highest BCUT2D eigenvalue weighted by Crippen LogP contribution is 2.46. The van der Waals surface area contributed by atoms with E-state index in [1.165, 1.54) is 12.8 Å². The molecule has 0 aliphatic heterocycles. The molecule has 3 nitrogen and oxygen atoms in total. The summed E-state index contributed by atoms with van der Waals surface area (Å²) in [5.41, 5.74) is 2.78. The second-order valence-electron chi connectivity index (χ2n) is 4.99. The molecule has 2 rings (SSSR count). The normalized spacial score (nSPS) is 17.8. The molecular formula is C12H17NO2. The van der Waals surface area contributed by atoms with Crippen LogP contribution in [0.2, 0.25) is 0 Å². The highest BCUT2D eigenvalue weighted by molar-refractivity contribution is 5.89. The number of aromatic carboxylic acids is 1. The maximum Gasteiger partial charge on any atom is 0.337 e. The molecule has 1 heterocycles. The molecule has 0 aromatic carbocycles. The Hall–Kier alpha value is -1.25. The number of aryl methyl sites for hydroxylation is 1. The largest absolute Gasteiger partial charge is 0.478 e. The van der Waals surface area contributed by atoms with Gasteiger partial charge in [0.2, 0.25) is 0 Å². The monoisotopic (exact) mass is 207 g/mol. The number of hydrogen-bond acceptors (Lipinski definition) is 1. The van der Waals surface area contributed by atoms with Crippen molar-refractivity contribution in [2.24, 2.45) is 5.41 Å². The van der Waals surface area contributed by atoms with Gasteiger partial charge < -0.3 is 9.67 Å². The number of hydrogen-bond donors (Lipinski definition) is 1. The molecule has 0 unspecified atom stereocenters. The van der Waals surface area contributed by atoms with Gasteiger partial charge in [0.1, 0.15) is 0 Å². The van der Waals surface area contributed by atoms with E-state index in [0.29, 0.717) is 11.0 Å². The maximum atomic E-state index is 11.0. The predicted octanol–water partition coefficient (Wildman–Crippen LogP) is 2.60. The van der Waals surface area contributed by atoms with Crippen LogP contribution in [0.5, 0.6) is 0 Å². The number of aromatic nitrogens is 1. The summed E-state index contributed by atoms with van der Waals surface area (Å²) >= 11 is 0. The predicted molar refractivity (Wildman–Crippen MR) is 58.2 cm³/mol. The molecule has 82 valence electrons. The molecule has 15 heavy (non-hydrogen) atoms. The van der Waals surface area contributed by atoms with Crippen LogP contribution < -0.4 is 0 Å². The van der Waals surface area contributed by atoms with Crippen molar-refractivity contribution in [1.29, 1.82) is 0 Å². The third-order valence-corrected chi connectivity index (χ3v) is 3.45. The van der Waals surface area contributed by atoms with E-state index in [2.05, 4.69) is 11.5 Å². The summed E-state index contributed by atoms with van der Waals surface area (Å²) in [5, 5.41) is 9.00. The summed E-state index contributed by atoms with van der Waals surface area (Å²) in [5.74, 6) is -0.824. The molecule has 0 amide bonds. The molecule has 1 aliphatic rings. The molecule has 0 spiro atoms. The zero-order valence-corrected chi connectivity index (χ0v) is 9.50. The van der Waals surface area contributed by atoms with Crippen molar-refractivity contribution in [3.8, 4) is 0 Å². The van der Waals surface area contributed by atoms with Gasteiger partial charge in [-0.15, -0.1) is 0 Å². The molecular weight excluding hydrogens is 190 g/mol. The Morgan fingerprint density at radius 3 is 2.53 bits per heavy atom. The molecule has 1 aromatic rings. The van der Waals surface area contributed by atoms with Gasteiger partial charge in [-0.25, -0.2) is 4.79 Å². The van der Waals surface area contributed by atoms with Gasteiger partial charge in [0.05, 0.1) is 5.56 Å². The second-order valence-corrected chi connectivity index (χ2v) is 4.99. The fourth-order valence-corrected chi connectivity index (χ4v) is 2.01. The van der Waals surface area contributed by atoms with Gasteiger partial charge in [-0.1, -0.05) is 6.92 Å². The van der Waals surface area contributed by atoms with Crippen LogP contribution in [0.15, 0.2) is 6.07 Å². The first-order chi connectivity index (χ1) is 6.93. The molecule has 0 saturated heterocycles. The number of nitrogens with zero attached hydrogens (tertiary/aromatic N) is 1. The third kappa shape index (κ3) is 1.78. The lowest BCUT2D eigenvalue weighted by Gasteiger charge is -2.14. The summed E-state index contributed by atoms with van der Waals surface area (Å²) < 4.78 is 2.14.